The van der Waals surface area contributed by atoms with Gasteiger partial charge in [0.05, 0.1) is 12.2 Å². The SMILES string of the molecule is Cc1ccn(-c2cccc(C(C)C)c2)c(=O)c1C(=O)N(C)Cc1c(C)noc1C. The zero-order valence-corrected chi connectivity index (χ0v) is 17.8. The van der Waals surface area contributed by atoms with Gasteiger partial charge in [-0.3, -0.25) is 14.2 Å². The summed E-state index contributed by atoms with van der Waals surface area (Å²) < 4.78 is 6.72. The highest BCUT2D eigenvalue weighted by Gasteiger charge is 2.22. The number of carbonyl (C=O) groups excluding carboxylic acids is 1. The third-order valence-electron chi connectivity index (χ3n) is 5.25. The molecule has 2 aromatic heterocycles. The first kappa shape index (κ1) is 20.6. The van der Waals surface area contributed by atoms with Gasteiger partial charge in [0, 0.05) is 24.5 Å². The number of hydrogen-bond acceptors (Lipinski definition) is 4. The molecule has 0 saturated heterocycles. The van der Waals surface area contributed by atoms with E-state index in [-0.39, 0.29) is 17.0 Å². The van der Waals surface area contributed by atoms with Crippen LogP contribution in [0.2, 0.25) is 0 Å². The summed E-state index contributed by atoms with van der Waals surface area (Å²) in [4.78, 5) is 27.9. The van der Waals surface area contributed by atoms with Crippen molar-refractivity contribution >= 4 is 5.91 Å². The van der Waals surface area contributed by atoms with Gasteiger partial charge in [-0.25, -0.2) is 0 Å². The number of amides is 1. The number of nitrogens with zero attached hydrogens (tertiary/aromatic N) is 3. The fourth-order valence-electron chi connectivity index (χ4n) is 3.35. The van der Waals surface area contributed by atoms with Crippen LogP contribution in [-0.4, -0.2) is 27.6 Å². The molecular formula is C23H27N3O3. The van der Waals surface area contributed by atoms with Gasteiger partial charge in [-0.15, -0.1) is 0 Å². The average molecular weight is 393 g/mol. The van der Waals surface area contributed by atoms with E-state index in [9.17, 15) is 9.59 Å². The molecule has 0 saturated carbocycles. The molecule has 0 aliphatic heterocycles. The third kappa shape index (κ3) is 4.01. The summed E-state index contributed by atoms with van der Waals surface area (Å²) in [6.45, 7) is 9.98. The smallest absolute Gasteiger partial charge is 0.268 e. The minimum Gasteiger partial charge on any atom is -0.361 e. The van der Waals surface area contributed by atoms with Crippen molar-refractivity contribution in [2.45, 2.75) is 47.1 Å². The van der Waals surface area contributed by atoms with Crippen LogP contribution in [0, 0.1) is 20.8 Å². The van der Waals surface area contributed by atoms with Crippen LogP contribution in [0.15, 0.2) is 45.8 Å². The topological polar surface area (TPSA) is 68.3 Å². The average Bonchev–Trinajstić information content (AvgIpc) is 3.00. The molecule has 0 spiro atoms. The lowest BCUT2D eigenvalue weighted by Crippen LogP contribution is -2.34. The third-order valence-corrected chi connectivity index (χ3v) is 5.25. The first-order chi connectivity index (χ1) is 13.7. The van der Waals surface area contributed by atoms with Crippen LogP contribution in [0.4, 0.5) is 0 Å². The van der Waals surface area contributed by atoms with Gasteiger partial charge in [0.2, 0.25) is 0 Å². The molecule has 0 N–H and O–H groups in total. The summed E-state index contributed by atoms with van der Waals surface area (Å²) in [5, 5.41) is 3.93. The van der Waals surface area contributed by atoms with Gasteiger partial charge >= 0.3 is 0 Å². The number of rotatable bonds is 5. The van der Waals surface area contributed by atoms with Crippen LogP contribution < -0.4 is 5.56 Å². The van der Waals surface area contributed by atoms with Crippen LogP contribution in [0.5, 0.6) is 0 Å². The Labute approximate surface area is 170 Å². The molecule has 0 aliphatic carbocycles. The van der Waals surface area contributed by atoms with Crippen LogP contribution in [-0.2, 0) is 6.54 Å². The number of benzene rings is 1. The number of carbonyl (C=O) groups is 1. The highest BCUT2D eigenvalue weighted by molar-refractivity contribution is 5.95. The van der Waals surface area contributed by atoms with Crippen molar-refractivity contribution in [3.8, 4) is 5.69 Å². The molecule has 0 fully saturated rings. The Kier molecular flexibility index (Phi) is 5.73. The molecule has 29 heavy (non-hydrogen) atoms. The van der Waals surface area contributed by atoms with Gasteiger partial charge in [-0.1, -0.05) is 31.1 Å². The Morgan fingerprint density at radius 2 is 1.93 bits per heavy atom. The Balaban J connectivity index is 2.00. The summed E-state index contributed by atoms with van der Waals surface area (Å²) in [6, 6.07) is 9.65. The van der Waals surface area contributed by atoms with E-state index in [1.165, 1.54) is 9.47 Å². The molecule has 2 heterocycles. The van der Waals surface area contributed by atoms with Gasteiger partial charge in [-0.2, -0.15) is 0 Å². The standard InChI is InChI=1S/C23H27N3O3/c1-14(2)18-8-7-9-19(12-18)26-11-10-15(3)21(23(26)28)22(27)25(6)13-20-16(4)24-29-17(20)5/h7-12,14H,13H2,1-6H3. The van der Waals surface area contributed by atoms with Gasteiger partial charge in [-0.05, 0) is 56.0 Å². The van der Waals surface area contributed by atoms with Crippen LogP contribution in [0.1, 0.15) is 58.3 Å². The van der Waals surface area contributed by atoms with Crippen molar-refractivity contribution in [3.05, 3.63) is 80.6 Å². The normalized spacial score (nSPS) is 11.1. The number of pyridine rings is 1. The Morgan fingerprint density at radius 3 is 2.55 bits per heavy atom. The van der Waals surface area contributed by atoms with Crippen molar-refractivity contribution in [2.24, 2.45) is 0 Å². The molecule has 1 aromatic carbocycles. The van der Waals surface area contributed by atoms with Crippen molar-refractivity contribution < 1.29 is 9.32 Å². The molecule has 0 radical (unpaired) electrons. The molecule has 1 amide bonds. The highest BCUT2D eigenvalue weighted by atomic mass is 16.5. The highest BCUT2D eigenvalue weighted by Crippen LogP contribution is 2.19. The predicted octanol–water partition coefficient (Wildman–Crippen LogP) is 4.15. The Hall–Kier alpha value is -3.15. The minimum atomic E-state index is -0.318. The van der Waals surface area contributed by atoms with Gasteiger partial charge in [0.1, 0.15) is 11.3 Å². The van der Waals surface area contributed by atoms with E-state index in [0.717, 1.165) is 22.5 Å². The van der Waals surface area contributed by atoms with E-state index in [0.29, 0.717) is 23.8 Å². The lowest BCUT2D eigenvalue weighted by molar-refractivity contribution is 0.0781. The second-order valence-corrected chi connectivity index (χ2v) is 7.76. The van der Waals surface area contributed by atoms with Crippen molar-refractivity contribution in [1.82, 2.24) is 14.6 Å². The number of hydrogen-bond donors (Lipinski definition) is 0. The lowest BCUT2D eigenvalue weighted by atomic mass is 10.0. The van der Waals surface area contributed by atoms with E-state index in [1.807, 2.05) is 38.1 Å². The largest absolute Gasteiger partial charge is 0.361 e. The summed E-state index contributed by atoms with van der Waals surface area (Å²) in [7, 11) is 1.68. The molecular weight excluding hydrogens is 366 g/mol. The first-order valence-electron chi connectivity index (χ1n) is 9.70. The van der Waals surface area contributed by atoms with Gasteiger partial charge in [0.25, 0.3) is 11.5 Å². The molecule has 3 rings (SSSR count). The van der Waals surface area contributed by atoms with Crippen LogP contribution in [0.3, 0.4) is 0 Å². The van der Waals surface area contributed by atoms with E-state index >= 15 is 0 Å². The summed E-state index contributed by atoms with van der Waals surface area (Å²) in [5.74, 6) is 0.704. The Bertz CT molecular complexity index is 1090. The van der Waals surface area contributed by atoms with Gasteiger partial charge < -0.3 is 9.42 Å². The second-order valence-electron chi connectivity index (χ2n) is 7.76. The van der Waals surface area contributed by atoms with Crippen molar-refractivity contribution in [2.75, 3.05) is 7.05 Å². The molecule has 0 aliphatic rings. The second kappa shape index (κ2) is 8.07. The quantitative estimate of drug-likeness (QED) is 0.653. The summed E-state index contributed by atoms with van der Waals surface area (Å²) in [6.07, 6.45) is 1.72. The zero-order chi connectivity index (χ0) is 21.3. The van der Waals surface area contributed by atoms with E-state index in [1.54, 1.807) is 26.2 Å². The molecule has 0 unspecified atom stereocenters. The van der Waals surface area contributed by atoms with E-state index in [2.05, 4.69) is 19.0 Å². The van der Waals surface area contributed by atoms with Crippen molar-refractivity contribution in [3.63, 3.8) is 0 Å². The van der Waals surface area contributed by atoms with Crippen LogP contribution >= 0.6 is 0 Å². The Morgan fingerprint density at radius 1 is 1.21 bits per heavy atom. The summed E-state index contributed by atoms with van der Waals surface area (Å²) >= 11 is 0. The monoisotopic (exact) mass is 393 g/mol. The zero-order valence-electron chi connectivity index (χ0n) is 17.8. The molecule has 152 valence electrons. The minimum absolute atomic E-state index is 0.178. The number of aromatic nitrogens is 2. The maximum atomic E-state index is 13.2. The summed E-state index contributed by atoms with van der Waals surface area (Å²) in [5.41, 5.74) is 4.01. The first-order valence-corrected chi connectivity index (χ1v) is 9.70. The van der Waals surface area contributed by atoms with Crippen LogP contribution in [0.25, 0.3) is 5.69 Å². The van der Waals surface area contributed by atoms with E-state index < -0.39 is 0 Å². The fourth-order valence-corrected chi connectivity index (χ4v) is 3.35. The number of aryl methyl sites for hydroxylation is 3. The van der Waals surface area contributed by atoms with E-state index in [4.69, 9.17) is 4.52 Å². The molecule has 3 aromatic rings. The van der Waals surface area contributed by atoms with Gasteiger partial charge in [0.15, 0.2) is 0 Å². The lowest BCUT2D eigenvalue weighted by Gasteiger charge is -2.19. The fraction of sp³-hybridized carbons (Fsp3) is 0.348. The molecule has 6 nitrogen and oxygen atoms in total. The predicted molar refractivity (Wildman–Crippen MR) is 113 cm³/mol. The molecule has 0 bridgehead atoms. The molecule has 6 heteroatoms. The van der Waals surface area contributed by atoms with Crippen molar-refractivity contribution in [1.29, 1.82) is 0 Å². The molecule has 0 atom stereocenters. The maximum absolute atomic E-state index is 13.2. The maximum Gasteiger partial charge on any atom is 0.268 e.